The second-order valence-corrected chi connectivity index (χ2v) is 14.1. The molecule has 2 aliphatic rings. The fourth-order valence-electron chi connectivity index (χ4n) is 6.37. The Hall–Kier alpha value is -4.88. The largest absolute Gasteiger partial charge is 0.471 e. The van der Waals surface area contributed by atoms with Gasteiger partial charge in [0.05, 0.1) is 55.0 Å². The van der Waals surface area contributed by atoms with E-state index in [4.69, 9.17) is 31.0 Å². The van der Waals surface area contributed by atoms with Crippen molar-refractivity contribution in [2.75, 3.05) is 25.0 Å². The molecule has 2 aromatic carbocycles. The van der Waals surface area contributed by atoms with Crippen molar-refractivity contribution in [2.45, 2.75) is 44.7 Å². The van der Waals surface area contributed by atoms with Crippen molar-refractivity contribution < 1.29 is 14.3 Å². The molecule has 50 heavy (non-hydrogen) atoms. The van der Waals surface area contributed by atoms with Gasteiger partial charge < -0.3 is 19.4 Å². The zero-order valence-electron chi connectivity index (χ0n) is 27.4. The molecule has 0 aliphatic carbocycles. The van der Waals surface area contributed by atoms with E-state index in [0.29, 0.717) is 41.8 Å². The van der Waals surface area contributed by atoms with E-state index in [1.54, 1.807) is 18.3 Å². The minimum absolute atomic E-state index is 0.186. The molecule has 0 spiro atoms. The number of H-pyrrole nitrogens is 1. The fourth-order valence-corrected chi connectivity index (χ4v) is 6.84. The number of anilines is 1. The van der Waals surface area contributed by atoms with E-state index in [1.807, 2.05) is 61.5 Å². The van der Waals surface area contributed by atoms with E-state index < -0.39 is 5.22 Å². The average Bonchev–Trinajstić information content (AvgIpc) is 3.65. The number of rotatable bonds is 10. The monoisotopic (exact) mass is 701 g/mol. The van der Waals surface area contributed by atoms with Gasteiger partial charge >= 0.3 is 0 Å². The van der Waals surface area contributed by atoms with Crippen LogP contribution < -0.4 is 10.1 Å². The Balaban J connectivity index is 0.977. The van der Waals surface area contributed by atoms with Gasteiger partial charge in [-0.15, -0.1) is 0 Å². The number of fused-ring (bicyclic) bond motifs is 2. The van der Waals surface area contributed by atoms with E-state index in [2.05, 4.69) is 46.3 Å². The second kappa shape index (κ2) is 13.4. The topological polar surface area (TPSA) is 123 Å². The number of carbonyl (C=O) groups excluding carboxylic acids is 1. The van der Waals surface area contributed by atoms with Crippen LogP contribution in [0.3, 0.4) is 0 Å². The predicted molar refractivity (Wildman–Crippen MR) is 193 cm³/mol. The number of nitrogens with one attached hydrogen (secondary N) is 2. The lowest BCUT2D eigenvalue weighted by Crippen LogP contribution is -2.48. The maximum Gasteiger partial charge on any atom is 0.255 e. The quantitative estimate of drug-likeness (QED) is 0.165. The lowest BCUT2D eigenvalue weighted by atomic mass is 10.0. The number of benzene rings is 2. The summed E-state index contributed by atoms with van der Waals surface area (Å²) in [7, 11) is 3.87. The van der Waals surface area contributed by atoms with Crippen molar-refractivity contribution in [3.05, 3.63) is 112 Å². The van der Waals surface area contributed by atoms with Gasteiger partial charge in [-0.2, -0.15) is 5.10 Å². The van der Waals surface area contributed by atoms with Crippen molar-refractivity contribution in [1.82, 2.24) is 34.6 Å². The van der Waals surface area contributed by atoms with Crippen LogP contribution in [0.1, 0.15) is 46.1 Å². The summed E-state index contributed by atoms with van der Waals surface area (Å²) in [5.74, 6) is 1.32. The van der Waals surface area contributed by atoms with E-state index in [0.717, 1.165) is 77.4 Å². The summed E-state index contributed by atoms with van der Waals surface area (Å²) in [5.41, 5.74) is 7.70. The molecule has 251 valence electrons. The lowest BCUT2D eigenvalue weighted by Gasteiger charge is -2.39. The van der Waals surface area contributed by atoms with Gasteiger partial charge in [-0.25, -0.2) is 9.97 Å². The van der Waals surface area contributed by atoms with Crippen molar-refractivity contribution in [3.63, 3.8) is 0 Å². The normalized spacial score (nSPS) is 17.9. The molecule has 1 atom stereocenters. The van der Waals surface area contributed by atoms with Gasteiger partial charge in [-0.1, -0.05) is 23.7 Å². The first-order chi connectivity index (χ1) is 24.3. The standard InChI is InChI=1S/C37H34ClN8O3Si/c1-23-29-17-25(5-9-31(29)44-43-23)36(47)40-27-8-10-33-32(18-27)41-34(46(33)22-37(50)13-16-49-37)20-45-14-11-24(12-15-45)30-3-2-4-35(42-30)48-21-28-7-6-26(38)19-39-28/h2-11,17-19H,12-16,20-22H2,1H3,(H,40,47)(H,43,44)/t37-/m1/s1. The Kier molecular flexibility index (Phi) is 8.69. The Morgan fingerprint density at radius 3 is 2.80 bits per heavy atom. The maximum absolute atomic E-state index is 13.2. The number of carbonyl (C=O) groups is 1. The number of ether oxygens (including phenoxy) is 2. The molecule has 4 aromatic heterocycles. The first-order valence-electron chi connectivity index (χ1n) is 16.5. The van der Waals surface area contributed by atoms with E-state index in [-0.39, 0.29) is 5.91 Å². The predicted octanol–water partition coefficient (Wildman–Crippen LogP) is 6.07. The van der Waals surface area contributed by atoms with Gasteiger partial charge in [0.1, 0.15) is 12.4 Å². The number of amides is 1. The highest BCUT2D eigenvalue weighted by molar-refractivity contribution is 6.30. The van der Waals surface area contributed by atoms with E-state index in [1.165, 1.54) is 5.57 Å². The molecule has 0 saturated carbocycles. The summed E-state index contributed by atoms with van der Waals surface area (Å²) in [6, 6.07) is 20.9. The molecule has 8 rings (SSSR count). The fraction of sp³-hybridized carbons (Fsp3) is 0.270. The number of nitrogens with zero attached hydrogens (tertiary/aromatic N) is 6. The molecule has 11 nitrogen and oxygen atoms in total. The minimum atomic E-state index is -0.420. The maximum atomic E-state index is 13.2. The van der Waals surface area contributed by atoms with E-state index in [9.17, 15) is 4.79 Å². The number of halogens is 1. The molecule has 6 heterocycles. The number of imidazole rings is 1. The Bertz CT molecular complexity index is 2250. The highest BCUT2D eigenvalue weighted by Gasteiger charge is 2.35. The molecular weight excluding hydrogens is 668 g/mol. The van der Waals surface area contributed by atoms with Crippen LogP contribution in [0.2, 0.25) is 5.02 Å². The number of aryl methyl sites for hydroxylation is 1. The number of hydrogen-bond donors (Lipinski definition) is 2. The zero-order valence-corrected chi connectivity index (χ0v) is 29.2. The smallest absolute Gasteiger partial charge is 0.255 e. The molecule has 2 N–H and O–H groups in total. The summed E-state index contributed by atoms with van der Waals surface area (Å²) < 4.78 is 14.1. The van der Waals surface area contributed by atoms with E-state index >= 15 is 0 Å². The Morgan fingerprint density at radius 2 is 2.02 bits per heavy atom. The van der Waals surface area contributed by atoms with Crippen LogP contribution >= 0.6 is 11.6 Å². The highest BCUT2D eigenvalue weighted by atomic mass is 35.5. The summed E-state index contributed by atoms with van der Waals surface area (Å²) in [6.45, 7) is 5.89. The van der Waals surface area contributed by atoms with Crippen molar-refractivity contribution in [2.24, 2.45) is 0 Å². The highest BCUT2D eigenvalue weighted by Crippen LogP contribution is 2.30. The van der Waals surface area contributed by atoms with Gasteiger partial charge in [0.25, 0.3) is 5.91 Å². The second-order valence-electron chi connectivity index (χ2n) is 12.8. The number of aromatic nitrogens is 6. The van der Waals surface area contributed by atoms with Crippen LogP contribution in [0, 0.1) is 6.92 Å². The number of pyridine rings is 2. The number of hydrogen-bond acceptors (Lipinski definition) is 8. The van der Waals surface area contributed by atoms with Gasteiger partial charge in [-0.05, 0) is 79.9 Å². The molecule has 0 unspecified atom stereocenters. The summed E-state index contributed by atoms with van der Waals surface area (Å²) in [4.78, 5) is 29.8. The average molecular weight is 702 g/mol. The molecule has 3 radical (unpaired) electrons. The van der Waals surface area contributed by atoms with Gasteiger partial charge in [-0.3, -0.25) is 19.8 Å². The third-order valence-corrected chi connectivity index (χ3v) is 10.0. The van der Waals surface area contributed by atoms with Crippen LogP contribution in [0.5, 0.6) is 5.88 Å². The van der Waals surface area contributed by atoms with Crippen LogP contribution in [0.4, 0.5) is 5.69 Å². The molecule has 13 heteroatoms. The van der Waals surface area contributed by atoms with Crippen LogP contribution in [-0.2, 0) is 24.4 Å². The van der Waals surface area contributed by atoms with Crippen LogP contribution in [0.25, 0.3) is 27.5 Å². The van der Waals surface area contributed by atoms with Crippen molar-refractivity contribution in [1.29, 1.82) is 0 Å². The zero-order chi connectivity index (χ0) is 34.2. The number of aromatic amines is 1. The summed E-state index contributed by atoms with van der Waals surface area (Å²) in [6.07, 6.45) is 5.61. The summed E-state index contributed by atoms with van der Waals surface area (Å²) in [5, 5.41) is 11.4. The van der Waals surface area contributed by atoms with Gasteiger partial charge in [0, 0.05) is 60.8 Å². The molecular formula is C37H34ClN8O3Si. The van der Waals surface area contributed by atoms with Crippen LogP contribution in [0.15, 0.2) is 79.0 Å². The first kappa shape index (κ1) is 32.3. The minimum Gasteiger partial charge on any atom is -0.471 e. The molecule has 1 amide bonds. The first-order valence-corrected chi connectivity index (χ1v) is 17.4. The van der Waals surface area contributed by atoms with Gasteiger partial charge in [0.2, 0.25) is 5.88 Å². The van der Waals surface area contributed by atoms with Crippen LogP contribution in [-0.4, -0.2) is 75.7 Å². The lowest BCUT2D eigenvalue weighted by molar-refractivity contribution is -0.0947. The Labute approximate surface area is 297 Å². The summed E-state index contributed by atoms with van der Waals surface area (Å²) >= 11 is 5.95. The third-order valence-electron chi connectivity index (χ3n) is 9.26. The molecule has 2 aliphatic heterocycles. The third kappa shape index (κ3) is 6.79. The molecule has 6 aromatic rings. The van der Waals surface area contributed by atoms with Crippen molar-refractivity contribution >= 4 is 60.9 Å². The van der Waals surface area contributed by atoms with Crippen molar-refractivity contribution in [3.8, 4) is 5.88 Å². The molecule has 1 saturated heterocycles. The SMILES string of the molecule is Cc1[nH]nc2ccc(C(=O)Nc3ccc4c(c3)nc(CN3CC=C(c5cccc(OCc6ccc(Cl)cn6)n5)CC3)n4C[C@]3([Si])CCO3)cc12. The molecule has 0 bridgehead atoms. The Morgan fingerprint density at radius 1 is 1.12 bits per heavy atom. The van der Waals surface area contributed by atoms with Gasteiger partial charge in [0.15, 0.2) is 0 Å². The molecule has 1 fully saturated rings.